The van der Waals surface area contributed by atoms with Gasteiger partial charge in [-0.15, -0.1) is 0 Å². The van der Waals surface area contributed by atoms with Crippen molar-refractivity contribution in [3.63, 3.8) is 0 Å². The van der Waals surface area contributed by atoms with Crippen molar-refractivity contribution in [3.8, 4) is 0 Å². The van der Waals surface area contributed by atoms with E-state index in [-0.39, 0.29) is 24.3 Å². The maximum atomic E-state index is 12.4. The molecule has 1 fully saturated rings. The van der Waals surface area contributed by atoms with E-state index < -0.39 is 0 Å². The second-order valence-electron chi connectivity index (χ2n) is 6.80. The fourth-order valence-corrected chi connectivity index (χ4v) is 3.46. The number of benzene rings is 1. The minimum atomic E-state index is -0.142. The molecule has 0 atom stereocenters. The van der Waals surface area contributed by atoms with Gasteiger partial charge in [0.05, 0.1) is 30.4 Å². The van der Waals surface area contributed by atoms with Crippen molar-refractivity contribution >= 4 is 22.4 Å². The Hall–Kier alpha value is -3.20. The lowest BCUT2D eigenvalue weighted by Crippen LogP contribution is -2.47. The normalized spacial score (nSPS) is 14.6. The fourth-order valence-electron chi connectivity index (χ4n) is 3.46. The Labute approximate surface area is 161 Å². The second-order valence-corrected chi connectivity index (χ2v) is 6.80. The molecule has 0 radical (unpaired) electrons. The molecule has 0 saturated carbocycles. The largest absolute Gasteiger partial charge is 0.395 e. The fraction of sp³-hybridized carbons (Fsp3) is 0.368. The first-order chi connectivity index (χ1) is 13.6. The first kappa shape index (κ1) is 18.2. The number of aliphatic hydroxyl groups is 1. The number of nitrogens with zero attached hydrogens (tertiary/aromatic N) is 6. The van der Waals surface area contributed by atoms with Crippen LogP contribution in [0, 0.1) is 0 Å². The summed E-state index contributed by atoms with van der Waals surface area (Å²) in [7, 11) is 1.65. The minimum absolute atomic E-state index is 0.0973. The summed E-state index contributed by atoms with van der Waals surface area (Å²) in [6, 6.07) is 8.96. The zero-order valence-electron chi connectivity index (χ0n) is 15.7. The summed E-state index contributed by atoms with van der Waals surface area (Å²) in [4.78, 5) is 32.7. The van der Waals surface area contributed by atoms with Gasteiger partial charge >= 0.3 is 0 Å². The van der Waals surface area contributed by atoms with Gasteiger partial charge in [0.1, 0.15) is 5.82 Å². The van der Waals surface area contributed by atoms with Gasteiger partial charge in [-0.2, -0.15) is 5.10 Å². The van der Waals surface area contributed by atoms with Crippen molar-refractivity contribution < 1.29 is 5.11 Å². The number of rotatable bonds is 4. The van der Waals surface area contributed by atoms with Gasteiger partial charge in [0.15, 0.2) is 0 Å². The molecule has 9 nitrogen and oxygen atoms in total. The van der Waals surface area contributed by atoms with Crippen LogP contribution in [0.5, 0.6) is 0 Å². The van der Waals surface area contributed by atoms with Crippen molar-refractivity contribution in [1.82, 2.24) is 19.3 Å². The van der Waals surface area contributed by atoms with Crippen LogP contribution in [-0.4, -0.2) is 57.2 Å². The zero-order valence-corrected chi connectivity index (χ0v) is 15.7. The predicted octanol–water partition coefficient (Wildman–Crippen LogP) is -0.191. The van der Waals surface area contributed by atoms with Crippen LogP contribution in [0.15, 0.2) is 46.2 Å². The van der Waals surface area contributed by atoms with E-state index in [0.717, 1.165) is 37.7 Å². The number of hydrogen-bond acceptors (Lipinski definition) is 7. The SMILES string of the molecule is Cn1nc(N2CCN(c3ccc4c(=O)n(CCO)cnc4c3)CC2)ccc1=O. The molecule has 146 valence electrons. The Morgan fingerprint density at radius 1 is 1.04 bits per heavy atom. The molecule has 3 aromatic rings. The van der Waals surface area contributed by atoms with Gasteiger partial charge in [-0.1, -0.05) is 0 Å². The number of aromatic nitrogens is 4. The molecule has 0 bridgehead atoms. The summed E-state index contributed by atoms with van der Waals surface area (Å²) < 4.78 is 2.77. The van der Waals surface area contributed by atoms with Crippen LogP contribution < -0.4 is 20.9 Å². The van der Waals surface area contributed by atoms with E-state index in [1.807, 2.05) is 12.1 Å². The first-order valence-corrected chi connectivity index (χ1v) is 9.21. The highest BCUT2D eigenvalue weighted by Gasteiger charge is 2.19. The third-order valence-corrected chi connectivity index (χ3v) is 5.06. The number of piperazine rings is 1. The Kier molecular flexibility index (Phi) is 4.82. The summed E-state index contributed by atoms with van der Waals surface area (Å²) in [6.45, 7) is 3.32. The van der Waals surface area contributed by atoms with Gasteiger partial charge in [-0.3, -0.25) is 14.2 Å². The maximum Gasteiger partial charge on any atom is 0.266 e. The summed E-state index contributed by atoms with van der Waals surface area (Å²) >= 11 is 0. The highest BCUT2D eigenvalue weighted by Crippen LogP contribution is 2.21. The zero-order chi connectivity index (χ0) is 19.7. The molecule has 1 aromatic carbocycles. The summed E-state index contributed by atoms with van der Waals surface area (Å²) in [5, 5.41) is 13.9. The maximum absolute atomic E-state index is 12.4. The molecule has 1 aliphatic rings. The Morgan fingerprint density at radius 3 is 2.50 bits per heavy atom. The van der Waals surface area contributed by atoms with Crippen LogP contribution in [0.2, 0.25) is 0 Å². The molecule has 9 heteroatoms. The number of aliphatic hydroxyl groups excluding tert-OH is 1. The number of aryl methyl sites for hydroxylation is 1. The average molecular weight is 382 g/mol. The summed E-state index contributed by atoms with van der Waals surface area (Å²) in [5.74, 6) is 0.798. The number of fused-ring (bicyclic) bond motifs is 1. The van der Waals surface area contributed by atoms with Crippen LogP contribution >= 0.6 is 0 Å². The van der Waals surface area contributed by atoms with E-state index in [2.05, 4.69) is 19.9 Å². The lowest BCUT2D eigenvalue weighted by atomic mass is 10.2. The highest BCUT2D eigenvalue weighted by atomic mass is 16.3. The van der Waals surface area contributed by atoms with Crippen LogP contribution in [0.4, 0.5) is 11.5 Å². The molecule has 0 aliphatic carbocycles. The van der Waals surface area contributed by atoms with Crippen molar-refractivity contribution in [2.45, 2.75) is 6.54 Å². The Balaban J connectivity index is 1.52. The molecular weight excluding hydrogens is 360 g/mol. The van der Waals surface area contributed by atoms with Crippen molar-refractivity contribution in [2.24, 2.45) is 7.05 Å². The van der Waals surface area contributed by atoms with E-state index in [0.29, 0.717) is 10.9 Å². The molecule has 0 spiro atoms. The van der Waals surface area contributed by atoms with E-state index in [4.69, 9.17) is 5.11 Å². The summed E-state index contributed by atoms with van der Waals surface area (Å²) in [5.41, 5.74) is 1.41. The lowest BCUT2D eigenvalue weighted by Gasteiger charge is -2.36. The third kappa shape index (κ3) is 3.36. The van der Waals surface area contributed by atoms with Gasteiger partial charge in [-0.05, 0) is 24.3 Å². The monoisotopic (exact) mass is 382 g/mol. The van der Waals surface area contributed by atoms with Crippen molar-refractivity contribution in [2.75, 3.05) is 42.6 Å². The van der Waals surface area contributed by atoms with Crippen LogP contribution in [0.1, 0.15) is 0 Å². The van der Waals surface area contributed by atoms with Crippen molar-refractivity contribution in [3.05, 3.63) is 57.4 Å². The van der Waals surface area contributed by atoms with Crippen molar-refractivity contribution in [1.29, 1.82) is 0 Å². The molecule has 0 unspecified atom stereocenters. The minimum Gasteiger partial charge on any atom is -0.395 e. The third-order valence-electron chi connectivity index (χ3n) is 5.06. The average Bonchev–Trinajstić information content (AvgIpc) is 2.72. The Morgan fingerprint density at radius 2 is 1.79 bits per heavy atom. The van der Waals surface area contributed by atoms with E-state index in [9.17, 15) is 9.59 Å². The van der Waals surface area contributed by atoms with Gasteiger partial charge < -0.3 is 14.9 Å². The van der Waals surface area contributed by atoms with Gasteiger partial charge in [-0.25, -0.2) is 9.67 Å². The molecule has 1 aliphatic heterocycles. The molecule has 4 rings (SSSR count). The van der Waals surface area contributed by atoms with Gasteiger partial charge in [0.2, 0.25) is 0 Å². The molecule has 0 amide bonds. The smallest absolute Gasteiger partial charge is 0.266 e. The van der Waals surface area contributed by atoms with Crippen LogP contribution in [0.3, 0.4) is 0 Å². The van der Waals surface area contributed by atoms with Crippen LogP contribution in [0.25, 0.3) is 10.9 Å². The highest BCUT2D eigenvalue weighted by molar-refractivity contribution is 5.81. The molecule has 1 saturated heterocycles. The molecule has 1 N–H and O–H groups in total. The number of anilines is 2. The molecule has 2 aromatic heterocycles. The second kappa shape index (κ2) is 7.43. The van der Waals surface area contributed by atoms with Gasteiger partial charge in [0, 0.05) is 45.0 Å². The first-order valence-electron chi connectivity index (χ1n) is 9.21. The summed E-state index contributed by atoms with van der Waals surface area (Å²) in [6.07, 6.45) is 1.48. The molecular formula is C19H22N6O3. The lowest BCUT2D eigenvalue weighted by molar-refractivity contribution is 0.274. The van der Waals surface area contributed by atoms with Gasteiger partial charge in [0.25, 0.3) is 11.1 Å². The topological polar surface area (TPSA) is 96.5 Å². The Bertz CT molecular complexity index is 1110. The number of hydrogen-bond donors (Lipinski definition) is 1. The van der Waals surface area contributed by atoms with E-state index >= 15 is 0 Å². The standard InChI is InChI=1S/C19H22N6O3/c1-22-18(27)5-4-17(21-22)24-8-6-23(7-9-24)14-2-3-15-16(12-14)20-13-25(10-11-26)19(15)28/h2-5,12-13,26H,6-11H2,1H3. The quantitative estimate of drug-likeness (QED) is 0.668. The molecule has 3 heterocycles. The van der Waals surface area contributed by atoms with Crippen LogP contribution in [-0.2, 0) is 13.6 Å². The van der Waals surface area contributed by atoms with E-state index in [1.165, 1.54) is 21.6 Å². The molecule has 28 heavy (non-hydrogen) atoms. The van der Waals surface area contributed by atoms with E-state index in [1.54, 1.807) is 19.2 Å². The predicted molar refractivity (Wildman–Crippen MR) is 107 cm³/mol.